The summed E-state index contributed by atoms with van der Waals surface area (Å²) in [6.07, 6.45) is 5.57. The SMILES string of the molecule is COn1cc[n+](C)c1.F[P-](F)(F)(F)(F)F. The Balaban J connectivity index is 0.000000265. The fourth-order valence-corrected chi connectivity index (χ4v) is 0.535. The molecule has 3 nitrogen and oxygen atoms in total. The molecule has 0 aromatic carbocycles. The first-order valence-electron chi connectivity index (χ1n) is 3.42. The van der Waals surface area contributed by atoms with Gasteiger partial charge in [0.05, 0.1) is 7.05 Å². The molecule has 92 valence electrons. The van der Waals surface area contributed by atoms with Crippen LogP contribution in [0.3, 0.4) is 0 Å². The van der Waals surface area contributed by atoms with Crippen LogP contribution in [-0.2, 0) is 7.05 Å². The summed E-state index contributed by atoms with van der Waals surface area (Å²) in [6, 6.07) is 0. The normalized spacial score (nSPS) is 15.7. The molecule has 0 aliphatic rings. The predicted octanol–water partition coefficient (Wildman–Crippen LogP) is 2.75. The van der Waals surface area contributed by atoms with Crippen molar-refractivity contribution in [3.05, 3.63) is 18.7 Å². The molecule has 0 saturated heterocycles. The minimum atomic E-state index is -10.7. The number of aromatic nitrogens is 2. The molecule has 1 aromatic rings. The van der Waals surface area contributed by atoms with Gasteiger partial charge in [0, 0.05) is 0 Å². The van der Waals surface area contributed by atoms with Crippen molar-refractivity contribution >= 4 is 7.81 Å². The van der Waals surface area contributed by atoms with Gasteiger partial charge in [0.2, 0.25) is 0 Å². The molecule has 0 atom stereocenters. The molecule has 0 unspecified atom stereocenters. The van der Waals surface area contributed by atoms with E-state index in [1.807, 2.05) is 30.3 Å². The Kier molecular flexibility index (Phi) is 3.05. The maximum absolute atomic E-state index is 10.7. The molecule has 0 radical (unpaired) electrons. The Hall–Kier alpha value is -0.980. The number of hydrogen-bond acceptors (Lipinski definition) is 1. The second-order valence-corrected chi connectivity index (χ2v) is 4.50. The summed E-state index contributed by atoms with van der Waals surface area (Å²) >= 11 is 0. The molecule has 0 aliphatic carbocycles. The molecule has 0 amide bonds. The third-order valence-electron chi connectivity index (χ3n) is 0.955. The van der Waals surface area contributed by atoms with Gasteiger partial charge in [-0.15, -0.1) is 0 Å². The van der Waals surface area contributed by atoms with Gasteiger partial charge in [0.15, 0.2) is 6.20 Å². The number of nitrogens with zero attached hydrogens (tertiary/aromatic N) is 2. The number of hydrogen-bond donors (Lipinski definition) is 0. The number of halogens is 6. The second-order valence-electron chi connectivity index (χ2n) is 2.58. The van der Waals surface area contributed by atoms with E-state index in [2.05, 4.69) is 0 Å². The number of imidazole rings is 1. The average molecular weight is 258 g/mol. The fraction of sp³-hybridized carbons (Fsp3) is 0.400. The van der Waals surface area contributed by atoms with Gasteiger partial charge in [-0.25, -0.2) is 4.57 Å². The zero-order valence-corrected chi connectivity index (χ0v) is 8.64. The molecular weight excluding hydrogens is 249 g/mol. The van der Waals surface area contributed by atoms with Gasteiger partial charge in [0.1, 0.15) is 13.3 Å². The van der Waals surface area contributed by atoms with Crippen LogP contribution in [0.1, 0.15) is 0 Å². The van der Waals surface area contributed by atoms with E-state index in [-0.39, 0.29) is 0 Å². The van der Waals surface area contributed by atoms with E-state index in [1.54, 1.807) is 11.8 Å². The molecule has 0 bridgehead atoms. The Morgan fingerprint density at radius 3 is 1.67 bits per heavy atom. The van der Waals surface area contributed by atoms with Crippen LogP contribution in [0.4, 0.5) is 25.2 Å². The Morgan fingerprint density at radius 2 is 1.53 bits per heavy atom. The van der Waals surface area contributed by atoms with Crippen LogP contribution in [0.5, 0.6) is 0 Å². The molecule has 10 heteroatoms. The zero-order chi connectivity index (χ0) is 12.4. The third-order valence-corrected chi connectivity index (χ3v) is 0.955. The molecule has 0 aliphatic heterocycles. The second kappa shape index (κ2) is 3.26. The monoisotopic (exact) mass is 258 g/mol. The quantitative estimate of drug-likeness (QED) is 0.430. The summed E-state index contributed by atoms with van der Waals surface area (Å²) in [5.41, 5.74) is 0. The predicted molar refractivity (Wildman–Crippen MR) is 41.7 cm³/mol. The summed E-state index contributed by atoms with van der Waals surface area (Å²) in [5.74, 6) is 0. The molecule has 1 rings (SSSR count). The van der Waals surface area contributed by atoms with E-state index >= 15 is 0 Å². The van der Waals surface area contributed by atoms with Gasteiger partial charge < -0.3 is 4.84 Å². The van der Waals surface area contributed by atoms with Gasteiger partial charge in [0.25, 0.3) is 6.33 Å². The summed E-state index contributed by atoms with van der Waals surface area (Å²) < 4.78 is 62.7. The maximum atomic E-state index is 9.87. The topological polar surface area (TPSA) is 18.0 Å². The van der Waals surface area contributed by atoms with Crippen molar-refractivity contribution in [3.63, 3.8) is 0 Å². The zero-order valence-electron chi connectivity index (χ0n) is 7.75. The van der Waals surface area contributed by atoms with Crippen molar-refractivity contribution in [3.8, 4) is 0 Å². The van der Waals surface area contributed by atoms with Crippen molar-refractivity contribution in [2.75, 3.05) is 7.11 Å². The Labute approximate surface area is 81.1 Å². The van der Waals surface area contributed by atoms with Crippen molar-refractivity contribution in [2.45, 2.75) is 0 Å². The van der Waals surface area contributed by atoms with Crippen LogP contribution in [0, 0.1) is 0 Å². The van der Waals surface area contributed by atoms with E-state index in [0.717, 1.165) is 0 Å². The van der Waals surface area contributed by atoms with Crippen LogP contribution in [0.2, 0.25) is 0 Å². The van der Waals surface area contributed by atoms with Crippen LogP contribution < -0.4 is 9.40 Å². The third kappa shape index (κ3) is 15.7. The first-order chi connectivity index (χ1) is 6.28. The summed E-state index contributed by atoms with van der Waals surface area (Å²) in [4.78, 5) is 4.83. The molecular formula is C5H9F6N2OP. The molecule has 0 fully saturated rings. The first kappa shape index (κ1) is 14.0. The molecule has 0 saturated carbocycles. The van der Waals surface area contributed by atoms with Crippen molar-refractivity contribution in [1.82, 2.24) is 4.73 Å². The molecule has 15 heavy (non-hydrogen) atoms. The van der Waals surface area contributed by atoms with Gasteiger partial charge in [-0.3, -0.25) is 0 Å². The van der Waals surface area contributed by atoms with E-state index in [9.17, 15) is 25.2 Å². The molecule has 0 spiro atoms. The van der Waals surface area contributed by atoms with Crippen molar-refractivity contribution in [1.29, 1.82) is 0 Å². The Bertz CT molecular complexity index is 318. The van der Waals surface area contributed by atoms with E-state index in [0.29, 0.717) is 0 Å². The molecule has 1 aromatic heterocycles. The van der Waals surface area contributed by atoms with Crippen molar-refractivity contribution < 1.29 is 34.6 Å². The summed E-state index contributed by atoms with van der Waals surface area (Å²) in [7, 11) is -7.09. The van der Waals surface area contributed by atoms with E-state index in [4.69, 9.17) is 4.84 Å². The van der Waals surface area contributed by atoms with Gasteiger partial charge >= 0.3 is 33.0 Å². The van der Waals surface area contributed by atoms with Crippen LogP contribution in [0.25, 0.3) is 0 Å². The minimum absolute atomic E-state index is 1.62. The van der Waals surface area contributed by atoms with Gasteiger partial charge in [-0.1, -0.05) is 4.73 Å². The standard InChI is InChI=1S/C5H9N2O.F6P/c1-6-3-4-7(5-6)8-2;1-7(2,3,4,5)6/h3-5H,1-2H3;/q+1;-1. The summed E-state index contributed by atoms with van der Waals surface area (Å²) in [5, 5.41) is 0. The number of aryl methyl sites for hydroxylation is 1. The molecule has 1 heterocycles. The Morgan fingerprint density at radius 1 is 1.13 bits per heavy atom. The van der Waals surface area contributed by atoms with Crippen LogP contribution >= 0.6 is 7.81 Å². The summed E-state index contributed by atoms with van der Waals surface area (Å²) in [6.45, 7) is 0. The average Bonchev–Trinajstić information content (AvgIpc) is 2.28. The van der Waals surface area contributed by atoms with E-state index < -0.39 is 7.81 Å². The van der Waals surface area contributed by atoms with E-state index in [1.165, 1.54) is 0 Å². The number of rotatable bonds is 1. The first-order valence-corrected chi connectivity index (χ1v) is 5.45. The van der Waals surface area contributed by atoms with Crippen LogP contribution in [-0.4, -0.2) is 11.8 Å². The van der Waals surface area contributed by atoms with Gasteiger partial charge in [-0.05, 0) is 0 Å². The molecule has 0 N–H and O–H groups in total. The fourth-order valence-electron chi connectivity index (χ4n) is 0.535. The van der Waals surface area contributed by atoms with Gasteiger partial charge in [-0.2, -0.15) is 0 Å². The van der Waals surface area contributed by atoms with Crippen molar-refractivity contribution in [2.24, 2.45) is 7.05 Å². The van der Waals surface area contributed by atoms with Crippen LogP contribution in [0.15, 0.2) is 18.7 Å².